The molecular formula is C20H23N3O2. The van der Waals surface area contributed by atoms with Gasteiger partial charge in [-0.1, -0.05) is 30.3 Å². The molecule has 1 amide bonds. The summed E-state index contributed by atoms with van der Waals surface area (Å²) in [6, 6.07) is 16.0. The van der Waals surface area contributed by atoms with Gasteiger partial charge >= 0.3 is 0 Å². The van der Waals surface area contributed by atoms with E-state index in [9.17, 15) is 4.79 Å². The minimum absolute atomic E-state index is 0.00773. The molecule has 3 N–H and O–H groups in total. The molecule has 3 rings (SSSR count). The molecule has 0 aliphatic carbocycles. The topological polar surface area (TPSA) is 66.2 Å². The molecule has 25 heavy (non-hydrogen) atoms. The number of H-pyrrole nitrogens is 1. The minimum Gasteiger partial charge on any atom is -0.497 e. The van der Waals surface area contributed by atoms with Crippen LogP contribution in [0.25, 0.3) is 10.9 Å². The molecule has 1 aromatic heterocycles. The molecule has 5 nitrogen and oxygen atoms in total. The van der Waals surface area contributed by atoms with Gasteiger partial charge < -0.3 is 20.4 Å². The van der Waals surface area contributed by atoms with E-state index in [2.05, 4.69) is 27.8 Å². The maximum absolute atomic E-state index is 11.9. The van der Waals surface area contributed by atoms with Crippen molar-refractivity contribution in [1.82, 2.24) is 15.6 Å². The predicted octanol–water partition coefficient (Wildman–Crippen LogP) is 2.63. The summed E-state index contributed by atoms with van der Waals surface area (Å²) >= 11 is 0. The Labute approximate surface area is 147 Å². The van der Waals surface area contributed by atoms with Crippen molar-refractivity contribution in [1.29, 1.82) is 0 Å². The highest BCUT2D eigenvalue weighted by Gasteiger charge is 2.04. The van der Waals surface area contributed by atoms with Crippen molar-refractivity contribution in [3.8, 4) is 5.75 Å². The van der Waals surface area contributed by atoms with E-state index < -0.39 is 0 Å². The van der Waals surface area contributed by atoms with Gasteiger partial charge in [0.15, 0.2) is 0 Å². The Bertz CT molecular complexity index is 824. The lowest BCUT2D eigenvalue weighted by Crippen LogP contribution is -2.34. The first-order valence-electron chi connectivity index (χ1n) is 8.41. The highest BCUT2D eigenvalue weighted by Crippen LogP contribution is 2.17. The molecule has 3 aromatic rings. The summed E-state index contributed by atoms with van der Waals surface area (Å²) in [7, 11) is 1.65. The Morgan fingerprint density at radius 2 is 1.92 bits per heavy atom. The minimum atomic E-state index is 0.00773. The number of fused-ring (bicyclic) bond motifs is 1. The number of rotatable bonds is 8. The van der Waals surface area contributed by atoms with Crippen LogP contribution in [0.15, 0.2) is 54.7 Å². The van der Waals surface area contributed by atoms with Gasteiger partial charge in [-0.3, -0.25) is 4.79 Å². The van der Waals surface area contributed by atoms with Crippen LogP contribution in [0.1, 0.15) is 11.1 Å². The highest BCUT2D eigenvalue weighted by atomic mass is 16.5. The molecule has 2 aromatic carbocycles. The monoisotopic (exact) mass is 337 g/mol. The Morgan fingerprint density at radius 1 is 1.12 bits per heavy atom. The maximum atomic E-state index is 11.9. The number of carbonyl (C=O) groups excluding carboxylic acids is 1. The van der Waals surface area contributed by atoms with Crippen LogP contribution in [0, 0.1) is 0 Å². The molecule has 0 bridgehead atoms. The van der Waals surface area contributed by atoms with Crippen LogP contribution < -0.4 is 15.4 Å². The number of benzene rings is 2. The van der Waals surface area contributed by atoms with Crippen LogP contribution in [0.5, 0.6) is 5.75 Å². The third-order valence-electron chi connectivity index (χ3n) is 4.17. The number of carbonyl (C=O) groups is 1. The Hall–Kier alpha value is -2.79. The fraction of sp³-hybridized carbons (Fsp3) is 0.250. The van der Waals surface area contributed by atoms with Crippen LogP contribution in [0.4, 0.5) is 0 Å². The molecule has 0 fully saturated rings. The summed E-state index contributed by atoms with van der Waals surface area (Å²) in [6.45, 7) is 1.59. The van der Waals surface area contributed by atoms with Gasteiger partial charge in [0.05, 0.1) is 13.7 Å². The number of nitrogens with one attached hydrogen (secondary N) is 3. The summed E-state index contributed by atoms with van der Waals surface area (Å²) in [5.74, 6) is 0.840. The molecule has 5 heteroatoms. The van der Waals surface area contributed by atoms with E-state index in [0.717, 1.165) is 23.3 Å². The molecule has 0 spiro atoms. The molecule has 0 aliphatic heterocycles. The second-order valence-corrected chi connectivity index (χ2v) is 5.91. The number of aromatic amines is 1. The third-order valence-corrected chi connectivity index (χ3v) is 4.17. The van der Waals surface area contributed by atoms with E-state index >= 15 is 0 Å². The lowest BCUT2D eigenvalue weighted by Gasteiger charge is -2.07. The number of hydrogen-bond acceptors (Lipinski definition) is 3. The Kier molecular flexibility index (Phi) is 5.69. The largest absolute Gasteiger partial charge is 0.497 e. The molecule has 0 saturated heterocycles. The molecule has 1 heterocycles. The van der Waals surface area contributed by atoms with Crippen molar-refractivity contribution >= 4 is 16.8 Å². The van der Waals surface area contributed by atoms with Crippen LogP contribution in [-0.2, 0) is 17.8 Å². The quantitative estimate of drug-likeness (QED) is 0.592. The summed E-state index contributed by atoms with van der Waals surface area (Å²) in [5.41, 5.74) is 3.47. The van der Waals surface area contributed by atoms with Crippen molar-refractivity contribution in [3.63, 3.8) is 0 Å². The van der Waals surface area contributed by atoms with E-state index in [4.69, 9.17) is 4.74 Å². The van der Waals surface area contributed by atoms with Crippen LogP contribution in [-0.4, -0.2) is 31.1 Å². The average molecular weight is 337 g/mol. The normalized spacial score (nSPS) is 10.8. The average Bonchev–Trinajstić information content (AvgIpc) is 3.06. The number of para-hydroxylation sites is 1. The van der Waals surface area contributed by atoms with Gasteiger partial charge in [-0.25, -0.2) is 0 Å². The Morgan fingerprint density at radius 3 is 2.72 bits per heavy atom. The number of aromatic nitrogens is 1. The van der Waals surface area contributed by atoms with Crippen molar-refractivity contribution < 1.29 is 9.53 Å². The van der Waals surface area contributed by atoms with Gasteiger partial charge in [0.1, 0.15) is 5.75 Å². The summed E-state index contributed by atoms with van der Waals surface area (Å²) in [5, 5.41) is 7.33. The molecule has 0 unspecified atom stereocenters. The smallest absolute Gasteiger partial charge is 0.233 e. The first-order chi connectivity index (χ1) is 12.3. The van der Waals surface area contributed by atoms with Gasteiger partial charge in [-0.15, -0.1) is 0 Å². The fourth-order valence-electron chi connectivity index (χ4n) is 2.80. The number of ether oxygens (including phenoxy) is 1. The zero-order valence-corrected chi connectivity index (χ0v) is 14.3. The third kappa shape index (κ3) is 4.61. The van der Waals surface area contributed by atoms with Gasteiger partial charge in [0, 0.05) is 30.2 Å². The molecule has 0 radical (unpaired) electrons. The molecule has 0 atom stereocenters. The summed E-state index contributed by atoms with van der Waals surface area (Å²) in [4.78, 5) is 15.2. The lowest BCUT2D eigenvalue weighted by molar-refractivity contribution is -0.120. The van der Waals surface area contributed by atoms with Crippen molar-refractivity contribution in [2.75, 3.05) is 20.2 Å². The first-order valence-corrected chi connectivity index (χ1v) is 8.41. The SMILES string of the molecule is COc1ccc(CNCC(=O)NCCc2c[nH]c3ccccc23)cc1. The van der Waals surface area contributed by atoms with E-state index in [1.54, 1.807) is 7.11 Å². The standard InChI is InChI=1S/C20H23N3O2/c1-25-17-8-6-15(7-9-17)12-21-14-20(24)22-11-10-16-13-23-19-5-3-2-4-18(16)19/h2-9,13,21,23H,10-12,14H2,1H3,(H,22,24). The summed E-state index contributed by atoms with van der Waals surface area (Å²) < 4.78 is 5.13. The maximum Gasteiger partial charge on any atom is 0.233 e. The van der Waals surface area contributed by atoms with Crippen molar-refractivity contribution in [2.45, 2.75) is 13.0 Å². The molecule has 0 saturated carbocycles. The second kappa shape index (κ2) is 8.35. The second-order valence-electron chi connectivity index (χ2n) is 5.91. The first kappa shape index (κ1) is 17.0. The van der Waals surface area contributed by atoms with Crippen molar-refractivity contribution in [2.24, 2.45) is 0 Å². The number of amides is 1. The van der Waals surface area contributed by atoms with E-state index in [1.807, 2.05) is 42.6 Å². The van der Waals surface area contributed by atoms with E-state index in [-0.39, 0.29) is 5.91 Å². The Balaban J connectivity index is 1.38. The van der Waals surface area contributed by atoms with Gasteiger partial charge in [0.2, 0.25) is 5.91 Å². The van der Waals surface area contributed by atoms with Gasteiger partial charge in [0.25, 0.3) is 0 Å². The predicted molar refractivity (Wildman–Crippen MR) is 99.7 cm³/mol. The van der Waals surface area contributed by atoms with E-state index in [1.165, 1.54) is 10.9 Å². The highest BCUT2D eigenvalue weighted by molar-refractivity contribution is 5.83. The van der Waals surface area contributed by atoms with Crippen LogP contribution in [0.3, 0.4) is 0 Å². The number of hydrogen-bond donors (Lipinski definition) is 3. The zero-order valence-electron chi connectivity index (χ0n) is 14.3. The van der Waals surface area contributed by atoms with Gasteiger partial charge in [-0.05, 0) is 35.7 Å². The molecular weight excluding hydrogens is 314 g/mol. The fourth-order valence-corrected chi connectivity index (χ4v) is 2.80. The molecule has 130 valence electrons. The van der Waals surface area contributed by atoms with Crippen molar-refractivity contribution in [3.05, 3.63) is 65.9 Å². The van der Waals surface area contributed by atoms with Crippen LogP contribution in [0.2, 0.25) is 0 Å². The number of methoxy groups -OCH3 is 1. The van der Waals surface area contributed by atoms with Gasteiger partial charge in [-0.2, -0.15) is 0 Å². The lowest BCUT2D eigenvalue weighted by atomic mass is 10.1. The van der Waals surface area contributed by atoms with E-state index in [0.29, 0.717) is 19.6 Å². The zero-order chi connectivity index (χ0) is 17.5. The molecule has 0 aliphatic rings. The van der Waals surface area contributed by atoms with Crippen LogP contribution >= 0.6 is 0 Å². The summed E-state index contributed by atoms with van der Waals surface area (Å²) in [6.07, 6.45) is 2.83.